The van der Waals surface area contributed by atoms with Crippen LogP contribution >= 0.6 is 23.1 Å². The number of nitrogens with zero attached hydrogens (tertiary/aromatic N) is 4. The average Bonchev–Trinajstić information content (AvgIpc) is 3.30. The van der Waals surface area contributed by atoms with Crippen LogP contribution in [0.3, 0.4) is 0 Å². The largest absolute Gasteiger partial charge is 0.273 e. The summed E-state index contributed by atoms with van der Waals surface area (Å²) in [6, 6.07) is 0.264. The molecule has 1 saturated carbocycles. The number of hydrogen-bond donors (Lipinski definition) is 0. The van der Waals surface area contributed by atoms with Crippen molar-refractivity contribution in [1.29, 1.82) is 0 Å². The SMILES string of the molecule is CC(C)CCSc1nnc2n(C3CCCCC3)c(=O)c3c4c(sc3n12)CCCC4. The van der Waals surface area contributed by atoms with Gasteiger partial charge in [-0.15, -0.1) is 21.5 Å². The molecule has 0 saturated heterocycles. The Kier molecular flexibility index (Phi) is 5.45. The maximum absolute atomic E-state index is 13.8. The Hall–Kier alpha value is -1.34. The lowest BCUT2D eigenvalue weighted by Gasteiger charge is -2.24. The van der Waals surface area contributed by atoms with Crippen LogP contribution in [-0.4, -0.2) is 24.9 Å². The summed E-state index contributed by atoms with van der Waals surface area (Å²) in [6.07, 6.45) is 11.6. The highest BCUT2D eigenvalue weighted by Crippen LogP contribution is 2.38. The molecule has 0 radical (unpaired) electrons. The van der Waals surface area contributed by atoms with Crippen molar-refractivity contribution < 1.29 is 0 Å². The number of hydrogen-bond acceptors (Lipinski definition) is 5. The molecule has 0 amide bonds. The molecule has 0 N–H and O–H groups in total. The Morgan fingerprint density at radius 2 is 1.90 bits per heavy atom. The second kappa shape index (κ2) is 8.06. The van der Waals surface area contributed by atoms with Gasteiger partial charge < -0.3 is 0 Å². The summed E-state index contributed by atoms with van der Waals surface area (Å²) in [4.78, 5) is 16.3. The van der Waals surface area contributed by atoms with Gasteiger partial charge >= 0.3 is 0 Å². The summed E-state index contributed by atoms with van der Waals surface area (Å²) in [7, 11) is 0. The molecule has 3 aromatic heterocycles. The zero-order chi connectivity index (χ0) is 20.0. The van der Waals surface area contributed by atoms with Crippen molar-refractivity contribution >= 4 is 39.1 Å². The van der Waals surface area contributed by atoms with Crippen molar-refractivity contribution in [2.24, 2.45) is 5.92 Å². The quantitative estimate of drug-likeness (QED) is 0.492. The summed E-state index contributed by atoms with van der Waals surface area (Å²) < 4.78 is 4.24. The zero-order valence-corrected chi connectivity index (χ0v) is 19.1. The van der Waals surface area contributed by atoms with Crippen molar-refractivity contribution in [1.82, 2.24) is 19.2 Å². The van der Waals surface area contributed by atoms with Crippen LogP contribution in [0, 0.1) is 5.92 Å². The van der Waals surface area contributed by atoms with Gasteiger partial charge in [-0.25, -0.2) is 4.40 Å². The van der Waals surface area contributed by atoms with E-state index in [-0.39, 0.29) is 11.6 Å². The van der Waals surface area contributed by atoms with E-state index in [0.29, 0.717) is 5.92 Å². The normalized spacial score (nSPS) is 18.2. The molecular weight excluding hydrogens is 400 g/mol. The van der Waals surface area contributed by atoms with Gasteiger partial charge in [-0.1, -0.05) is 44.9 Å². The van der Waals surface area contributed by atoms with E-state index in [4.69, 9.17) is 0 Å². The highest BCUT2D eigenvalue weighted by atomic mass is 32.2. The predicted octanol–water partition coefficient (Wildman–Crippen LogP) is 5.63. The molecule has 29 heavy (non-hydrogen) atoms. The lowest BCUT2D eigenvalue weighted by molar-refractivity contribution is 0.351. The van der Waals surface area contributed by atoms with Crippen LogP contribution in [0.25, 0.3) is 16.0 Å². The van der Waals surface area contributed by atoms with Gasteiger partial charge in [0.1, 0.15) is 4.83 Å². The zero-order valence-electron chi connectivity index (χ0n) is 17.4. The third-order valence-electron chi connectivity index (χ3n) is 6.49. The molecule has 1 fully saturated rings. The molecule has 2 aliphatic carbocycles. The topological polar surface area (TPSA) is 52.2 Å². The van der Waals surface area contributed by atoms with Crippen molar-refractivity contribution in [2.75, 3.05) is 5.75 Å². The summed E-state index contributed by atoms with van der Waals surface area (Å²) >= 11 is 3.60. The minimum atomic E-state index is 0.185. The minimum Gasteiger partial charge on any atom is -0.273 e. The Balaban J connectivity index is 1.73. The molecule has 0 aliphatic heterocycles. The highest BCUT2D eigenvalue weighted by molar-refractivity contribution is 7.99. The molecular formula is C22H30N4OS2. The number of aryl methyl sites for hydroxylation is 2. The first-order valence-electron chi connectivity index (χ1n) is 11.2. The third-order valence-corrected chi connectivity index (χ3v) is 8.73. The fraction of sp³-hybridized carbons (Fsp3) is 0.682. The predicted molar refractivity (Wildman–Crippen MR) is 122 cm³/mol. The van der Waals surface area contributed by atoms with E-state index in [9.17, 15) is 4.79 Å². The number of aromatic nitrogens is 4. The molecule has 0 atom stereocenters. The number of rotatable bonds is 5. The summed E-state index contributed by atoms with van der Waals surface area (Å²) in [5.41, 5.74) is 1.50. The van der Waals surface area contributed by atoms with Crippen LogP contribution in [0.5, 0.6) is 0 Å². The molecule has 7 heteroatoms. The molecule has 0 unspecified atom stereocenters. The Morgan fingerprint density at radius 3 is 2.69 bits per heavy atom. The second-order valence-corrected chi connectivity index (χ2v) is 11.2. The van der Waals surface area contributed by atoms with Crippen molar-refractivity contribution in [3.8, 4) is 0 Å². The Labute approximate surface area is 179 Å². The molecule has 3 heterocycles. The van der Waals surface area contributed by atoms with Gasteiger partial charge in [-0.2, -0.15) is 0 Å². The van der Waals surface area contributed by atoms with Crippen molar-refractivity contribution in [2.45, 2.75) is 89.3 Å². The van der Waals surface area contributed by atoms with E-state index in [1.807, 2.05) is 15.9 Å². The first-order chi connectivity index (χ1) is 14.1. The van der Waals surface area contributed by atoms with Crippen molar-refractivity contribution in [3.63, 3.8) is 0 Å². The molecule has 3 aromatic rings. The van der Waals surface area contributed by atoms with E-state index < -0.39 is 0 Å². The third kappa shape index (κ3) is 3.44. The standard InChI is InChI=1S/C22H30N4OS2/c1-14(2)12-13-28-22-24-23-21-25(15-8-4-3-5-9-15)19(27)18-16-10-6-7-11-17(16)29-20(18)26(21)22/h14-15H,3-13H2,1-2H3. The summed E-state index contributed by atoms with van der Waals surface area (Å²) in [5.74, 6) is 2.48. The van der Waals surface area contributed by atoms with Gasteiger partial charge in [-0.3, -0.25) is 9.36 Å². The van der Waals surface area contributed by atoms with Gasteiger partial charge in [0.25, 0.3) is 5.56 Å². The lowest BCUT2D eigenvalue weighted by atomic mass is 9.94. The number of thioether (sulfide) groups is 1. The molecule has 156 valence electrons. The van der Waals surface area contributed by atoms with Crippen LogP contribution in [0.15, 0.2) is 9.95 Å². The van der Waals surface area contributed by atoms with E-state index in [1.165, 1.54) is 42.5 Å². The van der Waals surface area contributed by atoms with Gasteiger partial charge in [0.05, 0.1) is 5.39 Å². The van der Waals surface area contributed by atoms with Gasteiger partial charge in [0, 0.05) is 16.7 Å². The Bertz CT molecular complexity index is 1090. The molecule has 5 rings (SSSR count). The molecule has 0 bridgehead atoms. The fourth-order valence-electron chi connectivity index (χ4n) is 4.88. The smallest absolute Gasteiger partial charge is 0.264 e. The van der Waals surface area contributed by atoms with Crippen LogP contribution < -0.4 is 5.56 Å². The molecule has 2 aliphatic rings. The van der Waals surface area contributed by atoms with E-state index in [0.717, 1.165) is 59.0 Å². The van der Waals surface area contributed by atoms with Gasteiger partial charge in [0.15, 0.2) is 5.16 Å². The van der Waals surface area contributed by atoms with Crippen LogP contribution in [-0.2, 0) is 12.8 Å². The monoisotopic (exact) mass is 430 g/mol. The summed E-state index contributed by atoms with van der Waals surface area (Å²) in [5, 5.41) is 11.1. The molecule has 5 nitrogen and oxygen atoms in total. The van der Waals surface area contributed by atoms with Gasteiger partial charge in [0.2, 0.25) is 5.78 Å². The maximum Gasteiger partial charge on any atom is 0.264 e. The second-order valence-electron chi connectivity index (χ2n) is 9.01. The molecule has 0 spiro atoms. The molecule has 0 aromatic carbocycles. The average molecular weight is 431 g/mol. The van der Waals surface area contributed by atoms with Crippen LogP contribution in [0.1, 0.15) is 81.7 Å². The Morgan fingerprint density at radius 1 is 1.10 bits per heavy atom. The highest BCUT2D eigenvalue weighted by Gasteiger charge is 2.28. The number of thiophene rings is 1. The number of fused-ring (bicyclic) bond motifs is 5. The lowest BCUT2D eigenvalue weighted by Crippen LogP contribution is -2.29. The van der Waals surface area contributed by atoms with Crippen molar-refractivity contribution in [3.05, 3.63) is 20.8 Å². The van der Waals surface area contributed by atoms with Gasteiger partial charge in [-0.05, 0) is 56.4 Å². The first-order valence-corrected chi connectivity index (χ1v) is 13.0. The fourth-order valence-corrected chi connectivity index (χ4v) is 7.49. The van der Waals surface area contributed by atoms with E-state index in [1.54, 1.807) is 11.8 Å². The van der Waals surface area contributed by atoms with E-state index >= 15 is 0 Å². The maximum atomic E-state index is 13.8. The summed E-state index contributed by atoms with van der Waals surface area (Å²) in [6.45, 7) is 4.52. The first kappa shape index (κ1) is 19.6. The minimum absolute atomic E-state index is 0.185. The van der Waals surface area contributed by atoms with E-state index in [2.05, 4.69) is 28.4 Å². The van der Waals surface area contributed by atoms with Crippen LogP contribution in [0.4, 0.5) is 0 Å². The van der Waals surface area contributed by atoms with Crippen LogP contribution in [0.2, 0.25) is 0 Å².